The number of nitrogens with one attached hydrogen (secondary N) is 4. The van der Waals surface area contributed by atoms with Gasteiger partial charge in [0, 0.05) is 38.0 Å². The van der Waals surface area contributed by atoms with Gasteiger partial charge in [-0.25, -0.2) is 4.99 Å². The van der Waals surface area contributed by atoms with E-state index < -0.39 is 71.9 Å². The molecular formula is C36H57N15O6. The lowest BCUT2D eigenvalue weighted by Crippen LogP contribution is -2.56. The van der Waals surface area contributed by atoms with Crippen LogP contribution in [0.4, 0.5) is 5.69 Å². The molecule has 16 N–H and O–H groups in total. The van der Waals surface area contributed by atoms with Crippen molar-refractivity contribution in [2.24, 2.45) is 56.2 Å². The third-order valence-electron chi connectivity index (χ3n) is 9.04. The monoisotopic (exact) mass is 795 g/mol. The van der Waals surface area contributed by atoms with Crippen LogP contribution in [0.3, 0.4) is 0 Å². The molecule has 1 aromatic carbocycles. The van der Waals surface area contributed by atoms with Crippen LogP contribution in [0.1, 0.15) is 70.1 Å². The largest absolute Gasteiger partial charge is 0.370 e. The number of aromatic nitrogens is 3. The summed E-state index contributed by atoms with van der Waals surface area (Å²) in [7, 11) is 0. The molecule has 5 atom stereocenters. The molecule has 2 bridgehead atoms. The van der Waals surface area contributed by atoms with Gasteiger partial charge in [0.1, 0.15) is 18.1 Å². The molecule has 0 spiro atoms. The fourth-order valence-electron chi connectivity index (χ4n) is 6.14. The number of aliphatic imine (C=N–C) groups is 2. The topological polar surface area (TPSA) is 362 Å². The molecule has 0 aliphatic carbocycles. The number of nitrogens with zero attached hydrogens (tertiary/aromatic N) is 5. The molecule has 0 saturated carbocycles. The van der Waals surface area contributed by atoms with E-state index in [-0.39, 0.29) is 69.3 Å². The van der Waals surface area contributed by atoms with Gasteiger partial charge in [-0.2, -0.15) is 0 Å². The van der Waals surface area contributed by atoms with Crippen molar-refractivity contribution in [1.82, 2.24) is 36.3 Å². The lowest BCUT2D eigenvalue weighted by Gasteiger charge is -2.25. The maximum atomic E-state index is 13.7. The predicted octanol–water partition coefficient (Wildman–Crippen LogP) is -2.79. The number of hydrogen-bond donors (Lipinski definition) is 10. The molecule has 1 aromatic heterocycles. The first-order valence-electron chi connectivity index (χ1n) is 18.9. The number of primary amides is 1. The van der Waals surface area contributed by atoms with Crippen molar-refractivity contribution < 1.29 is 28.8 Å². The van der Waals surface area contributed by atoms with E-state index in [0.29, 0.717) is 36.3 Å². The molecule has 3 rings (SSSR count). The predicted molar refractivity (Wildman–Crippen MR) is 212 cm³/mol. The number of carbonyl (C=O) groups is 6. The highest BCUT2D eigenvalue weighted by Crippen LogP contribution is 2.19. The van der Waals surface area contributed by atoms with Crippen LogP contribution in [0.15, 0.2) is 40.4 Å². The van der Waals surface area contributed by atoms with E-state index in [0.717, 1.165) is 0 Å². The van der Waals surface area contributed by atoms with Gasteiger partial charge in [-0.3, -0.25) is 38.4 Å². The first-order valence-corrected chi connectivity index (χ1v) is 18.9. The van der Waals surface area contributed by atoms with E-state index in [2.05, 4.69) is 41.6 Å². The summed E-state index contributed by atoms with van der Waals surface area (Å²) in [4.78, 5) is 88.0. The number of rotatable bonds is 10. The molecule has 0 saturated heterocycles. The van der Waals surface area contributed by atoms with Gasteiger partial charge in [0.25, 0.3) is 0 Å². The number of ketones is 1. The van der Waals surface area contributed by atoms with Crippen LogP contribution >= 0.6 is 0 Å². The maximum absolute atomic E-state index is 13.7. The van der Waals surface area contributed by atoms with Gasteiger partial charge in [0.2, 0.25) is 29.5 Å². The van der Waals surface area contributed by atoms with E-state index in [1.54, 1.807) is 35.1 Å². The Morgan fingerprint density at radius 2 is 1.58 bits per heavy atom. The summed E-state index contributed by atoms with van der Waals surface area (Å²) < 4.78 is 1.57. The molecule has 1 unspecified atom stereocenters. The second-order valence-electron chi connectivity index (χ2n) is 14.5. The molecule has 1 aliphatic rings. The Morgan fingerprint density at radius 1 is 0.877 bits per heavy atom. The molecule has 312 valence electrons. The molecule has 0 fully saturated rings. The van der Waals surface area contributed by atoms with Crippen molar-refractivity contribution in [3.63, 3.8) is 0 Å². The second kappa shape index (κ2) is 22.4. The van der Waals surface area contributed by atoms with Crippen LogP contribution in [-0.2, 0) is 48.2 Å². The summed E-state index contributed by atoms with van der Waals surface area (Å²) in [6.07, 6.45) is 3.27. The van der Waals surface area contributed by atoms with Gasteiger partial charge in [0.15, 0.2) is 17.7 Å². The third kappa shape index (κ3) is 16.3. The minimum Gasteiger partial charge on any atom is -0.370 e. The lowest BCUT2D eigenvalue weighted by atomic mass is 9.92. The quantitative estimate of drug-likeness (QED) is 0.0661. The second-order valence-corrected chi connectivity index (χ2v) is 14.5. The summed E-state index contributed by atoms with van der Waals surface area (Å²) in [6, 6.07) is 2.39. The van der Waals surface area contributed by atoms with Gasteiger partial charge < -0.3 is 55.7 Å². The average molecular weight is 796 g/mol. The van der Waals surface area contributed by atoms with Crippen LogP contribution in [-0.4, -0.2) is 99.5 Å². The fraction of sp³-hybridized carbons (Fsp3) is 0.556. The maximum Gasteiger partial charge on any atom is 0.243 e. The highest BCUT2D eigenvalue weighted by molar-refractivity contribution is 5.95. The normalized spacial score (nSPS) is 22.2. The standard InChI is InChI=1S/C36H57N15O6/c1-20(2)14-29-34(57)47-28(7-5-12-43-35(39)40)33(56)44-18-25(52)16-22(15-21-8-10-23(11-9-21)45-36(41)42)31(54)46-27(30(38)53)6-3-4-13-51-19-24(49-50-51)17-26(37)32(55)48-29/h8-11,19-20,22,26-29H,3-7,12-18,37H2,1-2H3,(H2,38,53)(H,44,56)(H,46,54)(H,47,57)(H,48,55)(H4,39,40,43)(H4,41,42,45)/t22-,26+,27-,28?,29+/m1/s1. The van der Waals surface area contributed by atoms with Crippen molar-refractivity contribution in [2.45, 2.75) is 102 Å². The Balaban J connectivity index is 1.92. The fourth-order valence-corrected chi connectivity index (χ4v) is 6.14. The van der Waals surface area contributed by atoms with Crippen LogP contribution in [0, 0.1) is 11.8 Å². The molecule has 0 radical (unpaired) electrons. The van der Waals surface area contributed by atoms with Crippen molar-refractivity contribution in [1.29, 1.82) is 0 Å². The molecule has 5 amide bonds. The number of Topliss-reactive ketones (excluding diaryl/α,β-unsaturated/α-hetero) is 1. The third-order valence-corrected chi connectivity index (χ3v) is 9.04. The Bertz CT molecular complexity index is 1750. The summed E-state index contributed by atoms with van der Waals surface area (Å²) in [6.45, 7) is 3.84. The Hall–Kier alpha value is -6.12. The van der Waals surface area contributed by atoms with E-state index in [9.17, 15) is 28.8 Å². The number of aryl methyl sites for hydroxylation is 1. The van der Waals surface area contributed by atoms with E-state index in [4.69, 9.17) is 34.4 Å². The smallest absolute Gasteiger partial charge is 0.243 e. The number of hydrogen-bond acceptors (Lipinski definition) is 11. The van der Waals surface area contributed by atoms with Crippen LogP contribution in [0.2, 0.25) is 0 Å². The summed E-state index contributed by atoms with van der Waals surface area (Å²) in [5, 5.41) is 18.9. The number of carbonyl (C=O) groups excluding carboxylic acids is 6. The van der Waals surface area contributed by atoms with Crippen molar-refractivity contribution >= 4 is 52.9 Å². The molecule has 1 aliphatic heterocycles. The minimum atomic E-state index is -1.15. The minimum absolute atomic E-state index is 0.0308. The highest BCUT2D eigenvalue weighted by Gasteiger charge is 2.31. The van der Waals surface area contributed by atoms with Crippen LogP contribution in [0.25, 0.3) is 0 Å². The van der Waals surface area contributed by atoms with E-state index in [1.807, 2.05) is 13.8 Å². The zero-order valence-corrected chi connectivity index (χ0v) is 32.5. The van der Waals surface area contributed by atoms with Crippen molar-refractivity contribution in [3.8, 4) is 0 Å². The number of fused-ring (bicyclic) bond motifs is 2. The van der Waals surface area contributed by atoms with Crippen molar-refractivity contribution in [3.05, 3.63) is 41.7 Å². The molecule has 2 aromatic rings. The first-order chi connectivity index (χ1) is 27.0. The summed E-state index contributed by atoms with van der Waals surface area (Å²) >= 11 is 0. The number of amides is 5. The summed E-state index contributed by atoms with van der Waals surface area (Å²) in [5.74, 6) is -5.02. The molecule has 2 heterocycles. The zero-order valence-electron chi connectivity index (χ0n) is 32.5. The molecule has 57 heavy (non-hydrogen) atoms. The average Bonchev–Trinajstić information content (AvgIpc) is 3.58. The van der Waals surface area contributed by atoms with Gasteiger partial charge in [-0.15, -0.1) is 5.10 Å². The van der Waals surface area contributed by atoms with Gasteiger partial charge >= 0.3 is 0 Å². The zero-order chi connectivity index (χ0) is 42.1. The molecular weight excluding hydrogens is 738 g/mol. The molecule has 21 nitrogen and oxygen atoms in total. The van der Waals surface area contributed by atoms with Gasteiger partial charge in [-0.05, 0) is 68.6 Å². The Kier molecular flexibility index (Phi) is 17.8. The van der Waals surface area contributed by atoms with Gasteiger partial charge in [0.05, 0.1) is 24.0 Å². The number of guanidine groups is 2. The number of benzene rings is 1. The van der Waals surface area contributed by atoms with Crippen LogP contribution in [0.5, 0.6) is 0 Å². The van der Waals surface area contributed by atoms with Crippen LogP contribution < -0.4 is 55.7 Å². The number of nitrogens with two attached hydrogens (primary N) is 6. The summed E-state index contributed by atoms with van der Waals surface area (Å²) in [5.41, 5.74) is 35.4. The Labute approximate surface area is 330 Å². The molecule has 21 heteroatoms. The SMILES string of the molecule is CC(C)C[C@@H]1NC(=O)[C@@H](N)Cc2cn(nn2)CCCC[C@H](C(N)=O)NC(=O)[C@H](Cc2ccc(N=C(N)N)cc2)CC(=O)CNC(=O)C(CCCN=C(N)N)NC1=O. The van der Waals surface area contributed by atoms with E-state index in [1.165, 1.54) is 0 Å². The van der Waals surface area contributed by atoms with E-state index >= 15 is 0 Å². The van der Waals surface area contributed by atoms with Gasteiger partial charge in [-0.1, -0.05) is 31.2 Å². The lowest BCUT2D eigenvalue weighted by molar-refractivity contribution is -0.134. The Morgan fingerprint density at radius 3 is 2.23 bits per heavy atom. The van der Waals surface area contributed by atoms with Crippen molar-refractivity contribution in [2.75, 3.05) is 13.1 Å². The first kappa shape index (κ1) is 45.3. The highest BCUT2D eigenvalue weighted by atomic mass is 16.2.